The predicted octanol–water partition coefficient (Wildman–Crippen LogP) is 2.18. The molecule has 0 amide bonds. The summed E-state index contributed by atoms with van der Waals surface area (Å²) in [4.78, 5) is 4.96. The molecule has 1 heterocycles. The van der Waals surface area contributed by atoms with Crippen molar-refractivity contribution >= 4 is 21.6 Å². The third kappa shape index (κ3) is 3.05. The van der Waals surface area contributed by atoms with Crippen molar-refractivity contribution in [2.24, 2.45) is 0 Å². The lowest BCUT2D eigenvalue weighted by Crippen LogP contribution is -2.58. The van der Waals surface area contributed by atoms with Gasteiger partial charge in [-0.15, -0.1) is 0 Å². The molecule has 0 radical (unpaired) electrons. The fourth-order valence-corrected chi connectivity index (χ4v) is 2.95. The van der Waals surface area contributed by atoms with Crippen LogP contribution in [0.25, 0.3) is 0 Å². The molecule has 3 nitrogen and oxygen atoms in total. The van der Waals surface area contributed by atoms with Gasteiger partial charge >= 0.3 is 0 Å². The van der Waals surface area contributed by atoms with Gasteiger partial charge in [0.15, 0.2) is 0 Å². The third-order valence-corrected chi connectivity index (χ3v) is 4.23. The topological polar surface area (TPSA) is 18.5 Å². The minimum absolute atomic E-state index is 0.533. The zero-order valence-corrected chi connectivity index (χ0v) is 12.9. The van der Waals surface area contributed by atoms with Crippen molar-refractivity contribution in [2.75, 3.05) is 38.6 Å². The molecule has 18 heavy (non-hydrogen) atoms. The number of hydrogen-bond donors (Lipinski definition) is 1. The first-order valence-corrected chi connectivity index (χ1v) is 7.28. The second-order valence-electron chi connectivity index (χ2n) is 5.13. The summed E-state index contributed by atoms with van der Waals surface area (Å²) in [6.45, 7) is 5.50. The summed E-state index contributed by atoms with van der Waals surface area (Å²) in [6.07, 6.45) is 0. The largest absolute Gasteiger partial charge is 0.364 e. The summed E-state index contributed by atoms with van der Waals surface area (Å²) in [6, 6.07) is 9.73. The Morgan fingerprint density at radius 3 is 2.83 bits per heavy atom. The van der Waals surface area contributed by atoms with Gasteiger partial charge < -0.3 is 10.2 Å². The molecular formula is C14H22BrN3. The summed E-state index contributed by atoms with van der Waals surface area (Å²) in [5.74, 6) is 0. The maximum atomic E-state index is 3.56. The minimum Gasteiger partial charge on any atom is -0.364 e. The van der Waals surface area contributed by atoms with E-state index in [2.05, 4.69) is 69.3 Å². The molecule has 0 saturated carbocycles. The van der Waals surface area contributed by atoms with Crippen molar-refractivity contribution in [3.8, 4) is 0 Å². The summed E-state index contributed by atoms with van der Waals surface area (Å²) >= 11 is 3.56. The van der Waals surface area contributed by atoms with Crippen LogP contribution < -0.4 is 10.2 Å². The van der Waals surface area contributed by atoms with Gasteiger partial charge in [0.2, 0.25) is 0 Å². The van der Waals surface area contributed by atoms with E-state index in [1.165, 1.54) is 5.69 Å². The van der Waals surface area contributed by atoms with Crippen LogP contribution in [-0.4, -0.2) is 50.7 Å². The van der Waals surface area contributed by atoms with Crippen LogP contribution in [-0.2, 0) is 0 Å². The van der Waals surface area contributed by atoms with E-state index < -0.39 is 0 Å². The molecule has 1 saturated heterocycles. The third-order valence-electron chi connectivity index (χ3n) is 3.73. The van der Waals surface area contributed by atoms with E-state index in [0.29, 0.717) is 12.1 Å². The molecule has 2 atom stereocenters. The number of nitrogens with zero attached hydrogens (tertiary/aromatic N) is 2. The van der Waals surface area contributed by atoms with Gasteiger partial charge in [0.25, 0.3) is 0 Å². The second kappa shape index (κ2) is 6.04. The van der Waals surface area contributed by atoms with E-state index >= 15 is 0 Å². The van der Waals surface area contributed by atoms with E-state index in [1.807, 2.05) is 7.05 Å². The fraction of sp³-hybridized carbons (Fsp3) is 0.571. The van der Waals surface area contributed by atoms with Crippen LogP contribution in [0.5, 0.6) is 0 Å². The summed E-state index contributed by atoms with van der Waals surface area (Å²) < 4.78 is 1.15. The van der Waals surface area contributed by atoms with Gasteiger partial charge in [0.1, 0.15) is 0 Å². The van der Waals surface area contributed by atoms with Gasteiger partial charge in [-0.1, -0.05) is 22.0 Å². The fourth-order valence-electron chi connectivity index (χ4n) is 2.57. The van der Waals surface area contributed by atoms with Crippen LogP contribution >= 0.6 is 15.9 Å². The second-order valence-corrected chi connectivity index (χ2v) is 6.05. The zero-order valence-electron chi connectivity index (χ0n) is 11.4. The van der Waals surface area contributed by atoms with Crippen LogP contribution in [0.4, 0.5) is 5.69 Å². The molecule has 1 aliphatic rings. The van der Waals surface area contributed by atoms with Crippen molar-refractivity contribution in [2.45, 2.75) is 19.0 Å². The maximum absolute atomic E-state index is 3.56. The van der Waals surface area contributed by atoms with E-state index in [9.17, 15) is 0 Å². The Morgan fingerprint density at radius 2 is 2.17 bits per heavy atom. The van der Waals surface area contributed by atoms with Crippen molar-refractivity contribution in [1.82, 2.24) is 10.2 Å². The van der Waals surface area contributed by atoms with Crippen molar-refractivity contribution < 1.29 is 0 Å². The number of rotatable bonds is 3. The number of halogens is 1. The minimum atomic E-state index is 0.533. The highest BCUT2D eigenvalue weighted by Crippen LogP contribution is 2.25. The molecule has 2 rings (SSSR count). The van der Waals surface area contributed by atoms with E-state index in [4.69, 9.17) is 0 Å². The molecular weight excluding hydrogens is 290 g/mol. The summed E-state index contributed by atoms with van der Waals surface area (Å²) in [5.41, 5.74) is 1.31. The van der Waals surface area contributed by atoms with Gasteiger partial charge in [-0.2, -0.15) is 0 Å². The van der Waals surface area contributed by atoms with Gasteiger partial charge in [-0.25, -0.2) is 0 Å². The molecule has 2 unspecified atom stereocenters. The average molecular weight is 312 g/mol. The lowest BCUT2D eigenvalue weighted by molar-refractivity contribution is 0.199. The summed E-state index contributed by atoms with van der Waals surface area (Å²) in [5, 5.41) is 3.31. The lowest BCUT2D eigenvalue weighted by Gasteiger charge is -2.45. The number of anilines is 1. The Kier molecular flexibility index (Phi) is 4.65. The zero-order chi connectivity index (χ0) is 13.1. The first-order valence-electron chi connectivity index (χ1n) is 6.49. The van der Waals surface area contributed by atoms with Crippen molar-refractivity contribution in [1.29, 1.82) is 0 Å². The standard InChI is InChI=1S/C14H22BrN3/c1-11-9-18(13-6-4-5-12(15)7-13)14(8-16-2)10-17(11)3/h4-7,11,14,16H,8-10H2,1-3H3. The lowest BCUT2D eigenvalue weighted by atomic mass is 10.1. The van der Waals surface area contributed by atoms with Crippen LogP contribution in [0.3, 0.4) is 0 Å². The van der Waals surface area contributed by atoms with Crippen LogP contribution in [0, 0.1) is 0 Å². The van der Waals surface area contributed by atoms with E-state index in [0.717, 1.165) is 24.1 Å². The highest BCUT2D eigenvalue weighted by molar-refractivity contribution is 9.10. The van der Waals surface area contributed by atoms with E-state index in [-0.39, 0.29) is 0 Å². The first kappa shape index (κ1) is 13.8. The number of benzene rings is 1. The molecule has 0 aromatic heterocycles. The van der Waals surface area contributed by atoms with Crippen LogP contribution in [0.1, 0.15) is 6.92 Å². The molecule has 1 aromatic carbocycles. The molecule has 0 bridgehead atoms. The Hall–Kier alpha value is -0.580. The van der Waals surface area contributed by atoms with Gasteiger partial charge in [-0.05, 0) is 39.2 Å². The Balaban J connectivity index is 2.22. The molecule has 1 fully saturated rings. The average Bonchev–Trinajstić information content (AvgIpc) is 2.34. The number of nitrogens with one attached hydrogen (secondary N) is 1. The smallest absolute Gasteiger partial charge is 0.0542 e. The molecule has 0 spiro atoms. The molecule has 4 heteroatoms. The Bertz CT molecular complexity index is 396. The van der Waals surface area contributed by atoms with E-state index in [1.54, 1.807) is 0 Å². The quantitative estimate of drug-likeness (QED) is 0.923. The van der Waals surface area contributed by atoms with Gasteiger partial charge in [0, 0.05) is 35.8 Å². The normalized spacial score (nSPS) is 25.4. The summed E-state index contributed by atoms with van der Waals surface area (Å²) in [7, 11) is 4.24. The molecule has 100 valence electrons. The molecule has 1 N–H and O–H groups in total. The van der Waals surface area contributed by atoms with Gasteiger partial charge in [-0.3, -0.25) is 4.90 Å². The van der Waals surface area contributed by atoms with Crippen molar-refractivity contribution in [3.05, 3.63) is 28.7 Å². The Morgan fingerprint density at radius 1 is 1.39 bits per heavy atom. The number of likely N-dealkylation sites (N-methyl/N-ethyl adjacent to an activating group) is 2. The number of piperazine rings is 1. The highest BCUT2D eigenvalue weighted by Gasteiger charge is 2.29. The highest BCUT2D eigenvalue weighted by atomic mass is 79.9. The molecule has 1 aromatic rings. The Labute approximate surface area is 118 Å². The van der Waals surface area contributed by atoms with Crippen LogP contribution in [0.15, 0.2) is 28.7 Å². The molecule has 1 aliphatic heterocycles. The van der Waals surface area contributed by atoms with Crippen LogP contribution in [0.2, 0.25) is 0 Å². The first-order chi connectivity index (χ1) is 8.61. The van der Waals surface area contributed by atoms with Gasteiger partial charge in [0.05, 0.1) is 6.04 Å². The number of hydrogen-bond acceptors (Lipinski definition) is 3. The van der Waals surface area contributed by atoms with Crippen molar-refractivity contribution in [3.63, 3.8) is 0 Å². The maximum Gasteiger partial charge on any atom is 0.0542 e. The predicted molar refractivity (Wildman–Crippen MR) is 81.3 cm³/mol. The SMILES string of the molecule is CNCC1CN(C)C(C)CN1c1cccc(Br)c1. The molecule has 0 aliphatic carbocycles. The monoisotopic (exact) mass is 311 g/mol.